The Labute approximate surface area is 126 Å². The Balaban J connectivity index is 1.76. The van der Waals surface area contributed by atoms with Gasteiger partial charge in [-0.15, -0.1) is 0 Å². The maximum atomic E-state index is 11.8. The van der Waals surface area contributed by atoms with Crippen LogP contribution in [0.1, 0.15) is 11.5 Å². The van der Waals surface area contributed by atoms with E-state index in [1.165, 1.54) is 0 Å². The maximum absolute atomic E-state index is 11.8. The molecule has 0 aliphatic rings. The Kier molecular flexibility index (Phi) is 4.06. The highest BCUT2D eigenvalue weighted by atomic mass is 16.5. The van der Waals surface area contributed by atoms with Crippen molar-refractivity contribution in [3.8, 4) is 11.4 Å². The summed E-state index contributed by atoms with van der Waals surface area (Å²) < 4.78 is 16.8. The van der Waals surface area contributed by atoms with E-state index >= 15 is 0 Å². The van der Waals surface area contributed by atoms with Crippen molar-refractivity contribution >= 4 is 0 Å². The number of nitrogens with zero attached hydrogens (tertiary/aromatic N) is 1. The predicted molar refractivity (Wildman–Crippen MR) is 76.7 cm³/mol. The van der Waals surface area contributed by atoms with Crippen LogP contribution in [0, 0.1) is 0 Å². The molecule has 7 heteroatoms. The maximum Gasteiger partial charge on any atom is 0.431 e. The molecule has 3 rings (SSSR count). The second-order valence-electron chi connectivity index (χ2n) is 4.64. The van der Waals surface area contributed by atoms with Crippen molar-refractivity contribution in [3.05, 3.63) is 64.5 Å². The first-order valence-corrected chi connectivity index (χ1v) is 6.78. The summed E-state index contributed by atoms with van der Waals surface area (Å²) in [6, 6.07) is 11.0. The summed E-state index contributed by atoms with van der Waals surface area (Å²) in [5.74, 6) is 1.55. The zero-order chi connectivity index (χ0) is 15.4. The molecule has 2 N–H and O–H groups in total. The van der Waals surface area contributed by atoms with E-state index in [1.54, 1.807) is 18.1 Å². The third-order valence-corrected chi connectivity index (χ3v) is 3.24. The molecular weight excluding hydrogens is 286 g/mol. The van der Waals surface area contributed by atoms with Crippen molar-refractivity contribution in [2.24, 2.45) is 0 Å². The van der Waals surface area contributed by atoms with Crippen LogP contribution in [-0.4, -0.2) is 12.4 Å². The van der Waals surface area contributed by atoms with E-state index in [0.29, 0.717) is 18.8 Å². The molecular formula is C15H16N3O4+. The zero-order valence-corrected chi connectivity index (χ0v) is 12.0. The van der Waals surface area contributed by atoms with Crippen molar-refractivity contribution in [2.75, 3.05) is 7.11 Å². The van der Waals surface area contributed by atoms with Gasteiger partial charge in [-0.3, -0.25) is 4.52 Å². The Morgan fingerprint density at radius 3 is 2.73 bits per heavy atom. The van der Waals surface area contributed by atoms with Gasteiger partial charge in [-0.2, -0.15) is 0 Å². The number of benzene rings is 1. The molecule has 0 aliphatic carbocycles. The quantitative estimate of drug-likeness (QED) is 0.667. The number of nitrogens with one attached hydrogen (secondary N) is 2. The average Bonchev–Trinajstić information content (AvgIpc) is 3.18. The summed E-state index contributed by atoms with van der Waals surface area (Å²) in [4.78, 5) is 11.8. The molecule has 22 heavy (non-hydrogen) atoms. The van der Waals surface area contributed by atoms with Crippen LogP contribution in [0.5, 0.6) is 5.75 Å². The molecule has 2 heterocycles. The largest absolute Gasteiger partial charge is 0.497 e. The molecule has 0 saturated carbocycles. The van der Waals surface area contributed by atoms with Gasteiger partial charge in [0.1, 0.15) is 11.5 Å². The van der Waals surface area contributed by atoms with Crippen LogP contribution in [0.15, 0.2) is 56.4 Å². The first-order chi connectivity index (χ1) is 10.8. The normalized spacial score (nSPS) is 10.8. The van der Waals surface area contributed by atoms with E-state index in [1.807, 2.05) is 36.4 Å². The molecule has 0 atom stereocenters. The van der Waals surface area contributed by atoms with Gasteiger partial charge in [0.25, 0.3) is 0 Å². The summed E-state index contributed by atoms with van der Waals surface area (Å²) in [5, 5.41) is 5.74. The van der Waals surface area contributed by atoms with Gasteiger partial charge in [0.15, 0.2) is 0 Å². The minimum Gasteiger partial charge on any atom is -0.497 e. The Morgan fingerprint density at radius 2 is 2.05 bits per heavy atom. The lowest BCUT2D eigenvalue weighted by molar-refractivity contribution is -0.677. The first kappa shape index (κ1) is 14.2. The molecule has 7 nitrogen and oxygen atoms in total. The van der Waals surface area contributed by atoms with Gasteiger partial charge in [0.2, 0.25) is 5.69 Å². The Hall–Kier alpha value is -2.80. The standard InChI is InChI=1S/C15H15N3O4/c1-20-12-6-4-11(5-7-12)18-14(15(19)22-17-18)10-16-9-13-3-2-8-21-13/h2-8,16H,9-10H2,1H3/p+1. The monoisotopic (exact) mass is 302 g/mol. The SMILES string of the molecule is COc1ccc(-[n+]2[nH]oc(=O)c2CNCc2ccco2)cc1. The molecule has 2 aromatic heterocycles. The summed E-state index contributed by atoms with van der Waals surface area (Å²) in [5.41, 5.74) is 0.834. The lowest BCUT2D eigenvalue weighted by Gasteiger charge is -1.99. The first-order valence-electron chi connectivity index (χ1n) is 6.78. The van der Waals surface area contributed by atoms with Crippen LogP contribution in [0.3, 0.4) is 0 Å². The fourth-order valence-electron chi connectivity index (χ4n) is 2.10. The smallest absolute Gasteiger partial charge is 0.431 e. The third-order valence-electron chi connectivity index (χ3n) is 3.24. The van der Waals surface area contributed by atoms with Gasteiger partial charge >= 0.3 is 11.3 Å². The topological polar surface area (TPSA) is 84.3 Å². The molecule has 0 bridgehead atoms. The zero-order valence-electron chi connectivity index (χ0n) is 12.0. The van der Waals surface area contributed by atoms with Crippen molar-refractivity contribution in [2.45, 2.75) is 13.1 Å². The Morgan fingerprint density at radius 1 is 1.23 bits per heavy atom. The predicted octanol–water partition coefficient (Wildman–Crippen LogP) is 1.14. The summed E-state index contributed by atoms with van der Waals surface area (Å²) in [6.07, 6.45) is 1.61. The van der Waals surface area contributed by atoms with Crippen LogP contribution in [0.25, 0.3) is 5.69 Å². The number of H-pyrrole nitrogens is 1. The molecule has 1 aromatic carbocycles. The Bertz CT molecular complexity index is 772. The number of rotatable bonds is 6. The van der Waals surface area contributed by atoms with Gasteiger partial charge in [-0.05, 0) is 34.2 Å². The molecule has 0 radical (unpaired) electrons. The van der Waals surface area contributed by atoms with E-state index in [9.17, 15) is 4.79 Å². The third kappa shape index (κ3) is 2.94. The number of furan rings is 1. The van der Waals surface area contributed by atoms with E-state index in [0.717, 1.165) is 17.2 Å². The number of aromatic amines is 1. The molecule has 3 aromatic rings. The minimum atomic E-state index is -0.414. The van der Waals surface area contributed by atoms with E-state index < -0.39 is 5.63 Å². The molecule has 0 spiro atoms. The highest BCUT2D eigenvalue weighted by Crippen LogP contribution is 2.10. The molecule has 0 aliphatic heterocycles. The summed E-state index contributed by atoms with van der Waals surface area (Å²) in [7, 11) is 1.60. The number of methoxy groups -OCH3 is 1. The van der Waals surface area contributed by atoms with Crippen LogP contribution in [-0.2, 0) is 13.1 Å². The highest BCUT2D eigenvalue weighted by molar-refractivity contribution is 5.31. The van der Waals surface area contributed by atoms with Crippen LogP contribution in [0.2, 0.25) is 0 Å². The van der Waals surface area contributed by atoms with Crippen molar-refractivity contribution in [1.29, 1.82) is 0 Å². The highest BCUT2D eigenvalue weighted by Gasteiger charge is 2.22. The van der Waals surface area contributed by atoms with E-state index in [-0.39, 0.29) is 0 Å². The van der Waals surface area contributed by atoms with Gasteiger partial charge < -0.3 is 14.5 Å². The minimum absolute atomic E-state index is 0.346. The van der Waals surface area contributed by atoms with Crippen LogP contribution >= 0.6 is 0 Å². The van der Waals surface area contributed by atoms with Crippen LogP contribution < -0.4 is 20.4 Å². The fraction of sp³-hybridized carbons (Fsp3) is 0.200. The van der Waals surface area contributed by atoms with Crippen molar-refractivity contribution in [3.63, 3.8) is 0 Å². The number of hydrogen-bond acceptors (Lipinski definition) is 5. The van der Waals surface area contributed by atoms with Gasteiger partial charge in [0, 0.05) is 12.1 Å². The molecule has 0 saturated heterocycles. The molecule has 0 amide bonds. The lowest BCUT2D eigenvalue weighted by Crippen LogP contribution is -2.40. The molecule has 114 valence electrons. The lowest BCUT2D eigenvalue weighted by atomic mass is 10.3. The van der Waals surface area contributed by atoms with Crippen molar-refractivity contribution < 1.29 is 18.4 Å². The van der Waals surface area contributed by atoms with Gasteiger partial charge in [0.05, 0.1) is 26.5 Å². The second-order valence-corrected chi connectivity index (χ2v) is 4.64. The number of hydrogen-bond donors (Lipinski definition) is 2. The molecule has 0 fully saturated rings. The van der Waals surface area contributed by atoms with Gasteiger partial charge in [-0.25, -0.2) is 4.79 Å². The van der Waals surface area contributed by atoms with Crippen molar-refractivity contribution in [1.82, 2.24) is 10.6 Å². The van der Waals surface area contributed by atoms with E-state index in [4.69, 9.17) is 13.7 Å². The fourth-order valence-corrected chi connectivity index (χ4v) is 2.10. The second kappa shape index (κ2) is 6.31. The summed E-state index contributed by atoms with van der Waals surface area (Å²) >= 11 is 0. The average molecular weight is 302 g/mol. The number of aromatic nitrogens is 2. The number of ether oxygens (including phenoxy) is 1. The van der Waals surface area contributed by atoms with Crippen LogP contribution in [0.4, 0.5) is 0 Å². The summed E-state index contributed by atoms with van der Waals surface area (Å²) in [6.45, 7) is 0.874. The molecule has 0 unspecified atom stereocenters. The van der Waals surface area contributed by atoms with Gasteiger partial charge in [-0.1, -0.05) is 0 Å². The van der Waals surface area contributed by atoms with E-state index in [2.05, 4.69) is 10.6 Å².